The van der Waals surface area contributed by atoms with Gasteiger partial charge < -0.3 is 20.5 Å². The predicted molar refractivity (Wildman–Crippen MR) is 70.5 cm³/mol. The third kappa shape index (κ3) is 5.69. The van der Waals surface area contributed by atoms with E-state index in [1.165, 1.54) is 0 Å². The molecule has 0 saturated carbocycles. The molecular formula is C13H26N2O3. The number of carbonyl (C=O) groups excluding carboxylic acids is 1. The van der Waals surface area contributed by atoms with E-state index in [-0.39, 0.29) is 30.4 Å². The lowest BCUT2D eigenvalue weighted by Gasteiger charge is -2.32. The standard InChI is InChI=1S/C13H26N2O3/c1-4-12(16)5-6-14-13(17)15-11-7-9(2)18-10(3)8-11/h9-12,16H,4-8H2,1-3H3,(H2,14,15,17). The Bertz CT molecular complexity index is 251. The number of urea groups is 1. The van der Waals surface area contributed by atoms with Gasteiger partial charge in [-0.2, -0.15) is 0 Å². The molecule has 1 saturated heterocycles. The molecule has 5 nitrogen and oxygen atoms in total. The summed E-state index contributed by atoms with van der Waals surface area (Å²) < 4.78 is 5.62. The van der Waals surface area contributed by atoms with Crippen molar-refractivity contribution in [2.45, 2.75) is 70.8 Å². The van der Waals surface area contributed by atoms with Crippen LogP contribution in [0.5, 0.6) is 0 Å². The van der Waals surface area contributed by atoms with Gasteiger partial charge in [0.1, 0.15) is 0 Å². The molecule has 1 heterocycles. The lowest BCUT2D eigenvalue weighted by atomic mass is 10.0. The molecule has 0 aromatic rings. The van der Waals surface area contributed by atoms with Crippen molar-refractivity contribution in [2.24, 2.45) is 0 Å². The Morgan fingerprint density at radius 2 is 2.00 bits per heavy atom. The van der Waals surface area contributed by atoms with Crippen LogP contribution in [0.3, 0.4) is 0 Å². The van der Waals surface area contributed by atoms with Crippen molar-refractivity contribution >= 4 is 6.03 Å². The number of hydrogen-bond donors (Lipinski definition) is 3. The highest BCUT2D eigenvalue weighted by Crippen LogP contribution is 2.18. The summed E-state index contributed by atoms with van der Waals surface area (Å²) in [6, 6.07) is 0.0319. The fraction of sp³-hybridized carbons (Fsp3) is 0.923. The van der Waals surface area contributed by atoms with Gasteiger partial charge in [0.05, 0.1) is 18.3 Å². The van der Waals surface area contributed by atoms with Crippen LogP contribution in [0, 0.1) is 0 Å². The largest absolute Gasteiger partial charge is 0.393 e. The second-order valence-electron chi connectivity index (χ2n) is 5.18. The van der Waals surface area contributed by atoms with E-state index < -0.39 is 0 Å². The Morgan fingerprint density at radius 1 is 1.39 bits per heavy atom. The zero-order valence-electron chi connectivity index (χ0n) is 11.6. The summed E-state index contributed by atoms with van der Waals surface area (Å²) in [4.78, 5) is 11.6. The van der Waals surface area contributed by atoms with Crippen molar-refractivity contribution in [1.29, 1.82) is 0 Å². The van der Waals surface area contributed by atoms with E-state index in [1.807, 2.05) is 20.8 Å². The summed E-state index contributed by atoms with van der Waals surface area (Å²) in [5.41, 5.74) is 0. The van der Waals surface area contributed by atoms with Gasteiger partial charge in [-0.15, -0.1) is 0 Å². The first-order valence-electron chi connectivity index (χ1n) is 6.89. The monoisotopic (exact) mass is 258 g/mol. The van der Waals surface area contributed by atoms with E-state index in [0.717, 1.165) is 19.3 Å². The molecule has 1 aliphatic heterocycles. The summed E-state index contributed by atoms with van der Waals surface area (Å²) in [5.74, 6) is 0. The molecule has 106 valence electrons. The third-order valence-corrected chi connectivity index (χ3v) is 3.27. The van der Waals surface area contributed by atoms with E-state index in [2.05, 4.69) is 10.6 Å². The Hall–Kier alpha value is -0.810. The van der Waals surface area contributed by atoms with Gasteiger partial charge in [-0.05, 0) is 39.5 Å². The second-order valence-corrected chi connectivity index (χ2v) is 5.18. The van der Waals surface area contributed by atoms with E-state index in [0.29, 0.717) is 13.0 Å². The molecule has 3 unspecified atom stereocenters. The fourth-order valence-electron chi connectivity index (χ4n) is 2.32. The van der Waals surface area contributed by atoms with E-state index in [1.54, 1.807) is 0 Å². The van der Waals surface area contributed by atoms with Crippen molar-refractivity contribution in [3.8, 4) is 0 Å². The number of nitrogens with one attached hydrogen (secondary N) is 2. The van der Waals surface area contributed by atoms with Crippen LogP contribution in [-0.4, -0.2) is 42.0 Å². The van der Waals surface area contributed by atoms with Crippen LogP contribution in [0.25, 0.3) is 0 Å². The van der Waals surface area contributed by atoms with Crippen LogP contribution < -0.4 is 10.6 Å². The molecular weight excluding hydrogens is 232 g/mol. The Balaban J connectivity index is 2.19. The minimum Gasteiger partial charge on any atom is -0.393 e. The maximum atomic E-state index is 11.6. The molecule has 1 rings (SSSR count). The van der Waals surface area contributed by atoms with Crippen LogP contribution in [0.1, 0.15) is 46.5 Å². The predicted octanol–water partition coefficient (Wildman–Crippen LogP) is 1.40. The number of aliphatic hydroxyl groups excluding tert-OH is 1. The van der Waals surface area contributed by atoms with Gasteiger partial charge >= 0.3 is 6.03 Å². The molecule has 3 N–H and O–H groups in total. The normalized spacial score (nSPS) is 29.7. The maximum Gasteiger partial charge on any atom is 0.315 e. The van der Waals surface area contributed by atoms with Crippen molar-refractivity contribution in [3.05, 3.63) is 0 Å². The van der Waals surface area contributed by atoms with Crippen LogP contribution in [0.2, 0.25) is 0 Å². The molecule has 0 spiro atoms. The highest BCUT2D eigenvalue weighted by atomic mass is 16.5. The maximum absolute atomic E-state index is 11.6. The van der Waals surface area contributed by atoms with Gasteiger partial charge in [-0.25, -0.2) is 4.79 Å². The molecule has 0 aromatic carbocycles. The van der Waals surface area contributed by atoms with Gasteiger partial charge in [0.2, 0.25) is 0 Å². The molecule has 2 amide bonds. The molecule has 0 bridgehead atoms. The lowest BCUT2D eigenvalue weighted by molar-refractivity contribution is -0.0402. The first kappa shape index (κ1) is 15.2. The van der Waals surface area contributed by atoms with Crippen LogP contribution in [-0.2, 0) is 4.74 Å². The molecule has 0 aliphatic carbocycles. The van der Waals surface area contributed by atoms with E-state index in [4.69, 9.17) is 4.74 Å². The SMILES string of the molecule is CCC(O)CCNC(=O)NC1CC(C)OC(C)C1. The number of hydrogen-bond acceptors (Lipinski definition) is 3. The minimum absolute atomic E-state index is 0.149. The number of carbonyl (C=O) groups is 1. The van der Waals surface area contributed by atoms with Crippen LogP contribution >= 0.6 is 0 Å². The smallest absolute Gasteiger partial charge is 0.315 e. The quantitative estimate of drug-likeness (QED) is 0.698. The van der Waals surface area contributed by atoms with Gasteiger partial charge in [0, 0.05) is 12.6 Å². The zero-order chi connectivity index (χ0) is 13.5. The van der Waals surface area contributed by atoms with E-state index in [9.17, 15) is 9.90 Å². The Morgan fingerprint density at radius 3 is 2.56 bits per heavy atom. The molecule has 1 aliphatic rings. The molecule has 5 heteroatoms. The summed E-state index contributed by atoms with van der Waals surface area (Å²) in [6.45, 7) is 6.49. The van der Waals surface area contributed by atoms with Crippen molar-refractivity contribution < 1.29 is 14.6 Å². The molecule has 1 fully saturated rings. The third-order valence-electron chi connectivity index (χ3n) is 3.27. The first-order valence-corrected chi connectivity index (χ1v) is 6.89. The van der Waals surface area contributed by atoms with Crippen molar-refractivity contribution in [2.75, 3.05) is 6.54 Å². The summed E-state index contributed by atoms with van der Waals surface area (Å²) in [5, 5.41) is 15.1. The topological polar surface area (TPSA) is 70.6 Å². The number of amides is 2. The summed E-state index contributed by atoms with van der Waals surface area (Å²) in [7, 11) is 0. The van der Waals surface area contributed by atoms with Gasteiger partial charge in [0.15, 0.2) is 0 Å². The number of ether oxygens (including phenoxy) is 1. The van der Waals surface area contributed by atoms with Crippen LogP contribution in [0.15, 0.2) is 0 Å². The Labute approximate surface area is 109 Å². The lowest BCUT2D eigenvalue weighted by Crippen LogP contribution is -2.48. The molecule has 18 heavy (non-hydrogen) atoms. The Kier molecular flexibility index (Phi) is 6.43. The average molecular weight is 258 g/mol. The summed E-state index contributed by atoms with van der Waals surface area (Å²) in [6.07, 6.45) is 3.10. The van der Waals surface area contributed by atoms with Crippen molar-refractivity contribution in [3.63, 3.8) is 0 Å². The van der Waals surface area contributed by atoms with Crippen molar-refractivity contribution in [1.82, 2.24) is 10.6 Å². The minimum atomic E-state index is -0.326. The summed E-state index contributed by atoms with van der Waals surface area (Å²) >= 11 is 0. The van der Waals surface area contributed by atoms with Gasteiger partial charge in [0.25, 0.3) is 0 Å². The molecule has 0 radical (unpaired) electrons. The van der Waals surface area contributed by atoms with Crippen LogP contribution in [0.4, 0.5) is 4.79 Å². The second kappa shape index (κ2) is 7.59. The first-order chi connectivity index (χ1) is 8.51. The van der Waals surface area contributed by atoms with E-state index >= 15 is 0 Å². The fourth-order valence-corrected chi connectivity index (χ4v) is 2.32. The zero-order valence-corrected chi connectivity index (χ0v) is 11.6. The highest BCUT2D eigenvalue weighted by molar-refractivity contribution is 5.74. The van der Waals surface area contributed by atoms with Gasteiger partial charge in [-0.1, -0.05) is 6.92 Å². The molecule has 3 atom stereocenters. The number of aliphatic hydroxyl groups is 1. The average Bonchev–Trinajstić information content (AvgIpc) is 2.27. The number of rotatable bonds is 5. The molecule has 0 aromatic heterocycles. The van der Waals surface area contributed by atoms with Gasteiger partial charge in [-0.3, -0.25) is 0 Å². The highest BCUT2D eigenvalue weighted by Gasteiger charge is 2.25.